The first-order valence-corrected chi connectivity index (χ1v) is 3.72. The van der Waals surface area contributed by atoms with Crippen molar-refractivity contribution in [1.29, 1.82) is 0 Å². The second kappa shape index (κ2) is 2.51. The van der Waals surface area contributed by atoms with Gasteiger partial charge in [0.1, 0.15) is 10.4 Å². The van der Waals surface area contributed by atoms with Gasteiger partial charge in [-0.25, -0.2) is 9.48 Å². The Bertz CT molecular complexity index is 238. The van der Waals surface area contributed by atoms with Crippen molar-refractivity contribution < 1.29 is 0 Å². The lowest BCUT2D eigenvalue weighted by Gasteiger charge is -1.97. The highest BCUT2D eigenvalue weighted by Crippen LogP contribution is 2.07. The molecule has 1 rings (SSSR count). The van der Waals surface area contributed by atoms with Crippen LogP contribution in [0.4, 0.5) is 0 Å². The molecule has 0 spiro atoms. The highest BCUT2D eigenvalue weighted by molar-refractivity contribution is 14.1. The Morgan fingerprint density at radius 3 is 2.89 bits per heavy atom. The van der Waals surface area contributed by atoms with Gasteiger partial charge in [-0.05, 0) is 6.92 Å². The van der Waals surface area contributed by atoms with Gasteiger partial charge in [-0.15, -0.1) is 0 Å². The van der Waals surface area contributed by atoms with Crippen LogP contribution < -0.4 is 5.69 Å². The van der Waals surface area contributed by atoms with Crippen LogP contribution in [0.5, 0.6) is 0 Å². The first-order chi connectivity index (χ1) is 4.22. The second-order valence-electron chi connectivity index (χ2n) is 1.61. The molecule has 1 N–H and O–H groups in total. The highest BCUT2D eigenvalue weighted by atomic mass is 127. The van der Waals surface area contributed by atoms with Crippen LogP contribution in [0.25, 0.3) is 0 Å². The fourth-order valence-corrected chi connectivity index (χ4v) is 0.915. The third-order valence-electron chi connectivity index (χ3n) is 0.915. The van der Waals surface area contributed by atoms with Gasteiger partial charge in [0.05, 0.1) is 0 Å². The SMILES string of the molecule is CC(I)n1nc[nH]c1=O. The average Bonchev–Trinajstić information content (AvgIpc) is 2.13. The van der Waals surface area contributed by atoms with Crippen LogP contribution in [0.15, 0.2) is 11.1 Å². The minimum absolute atomic E-state index is 0.112. The van der Waals surface area contributed by atoms with E-state index in [2.05, 4.69) is 32.7 Å². The lowest BCUT2D eigenvalue weighted by atomic mass is 10.8. The number of nitrogens with one attached hydrogen (secondary N) is 1. The van der Waals surface area contributed by atoms with Crippen molar-refractivity contribution >= 4 is 22.6 Å². The summed E-state index contributed by atoms with van der Waals surface area (Å²) < 4.78 is 1.49. The number of aromatic nitrogens is 3. The largest absolute Gasteiger partial charge is 0.344 e. The lowest BCUT2D eigenvalue weighted by molar-refractivity contribution is 0.638. The molecule has 4 nitrogen and oxygen atoms in total. The van der Waals surface area contributed by atoms with Gasteiger partial charge in [-0.3, -0.25) is 4.98 Å². The number of hydrogen-bond acceptors (Lipinski definition) is 2. The second-order valence-corrected chi connectivity index (χ2v) is 3.42. The maximum Gasteiger partial charge on any atom is 0.344 e. The zero-order valence-corrected chi connectivity index (χ0v) is 6.99. The van der Waals surface area contributed by atoms with Crippen LogP contribution in [-0.2, 0) is 0 Å². The van der Waals surface area contributed by atoms with Crippen LogP contribution in [0.2, 0.25) is 0 Å². The summed E-state index contributed by atoms with van der Waals surface area (Å²) in [6.07, 6.45) is 1.39. The zero-order valence-electron chi connectivity index (χ0n) is 4.84. The quantitative estimate of drug-likeness (QED) is 0.573. The molecule has 0 aromatic carbocycles. The summed E-state index contributed by atoms with van der Waals surface area (Å²) in [4.78, 5) is 13.1. The predicted molar refractivity (Wildman–Crippen MR) is 41.6 cm³/mol. The van der Waals surface area contributed by atoms with Crippen molar-refractivity contribution in [3.8, 4) is 0 Å². The Kier molecular flexibility index (Phi) is 1.89. The molecule has 0 amide bonds. The minimum Gasteiger partial charge on any atom is -0.295 e. The van der Waals surface area contributed by atoms with Gasteiger partial charge >= 0.3 is 5.69 Å². The van der Waals surface area contributed by atoms with E-state index in [-0.39, 0.29) is 9.74 Å². The number of halogens is 1. The van der Waals surface area contributed by atoms with Crippen molar-refractivity contribution in [2.75, 3.05) is 0 Å². The van der Waals surface area contributed by atoms with Crippen molar-refractivity contribution in [2.24, 2.45) is 0 Å². The van der Waals surface area contributed by atoms with Gasteiger partial charge < -0.3 is 0 Å². The molecule has 1 unspecified atom stereocenters. The maximum atomic E-state index is 10.7. The van der Waals surface area contributed by atoms with E-state index in [4.69, 9.17) is 0 Å². The fourth-order valence-electron chi connectivity index (χ4n) is 0.518. The number of alkyl halides is 1. The maximum absolute atomic E-state index is 10.7. The van der Waals surface area contributed by atoms with Crippen molar-refractivity contribution in [3.63, 3.8) is 0 Å². The first kappa shape index (κ1) is 6.79. The fraction of sp³-hybridized carbons (Fsp3) is 0.500. The Labute approximate surface area is 65.4 Å². The molecular formula is C4H6IN3O. The van der Waals surface area contributed by atoms with E-state index in [9.17, 15) is 4.79 Å². The standard InChI is InChI=1S/C4H6IN3O/c1-3(5)8-4(9)6-2-7-8/h2-3H,1H3,(H,6,7,9). The van der Waals surface area contributed by atoms with Crippen molar-refractivity contribution in [3.05, 3.63) is 16.8 Å². The molecule has 5 heteroatoms. The number of rotatable bonds is 1. The topological polar surface area (TPSA) is 50.7 Å². The number of H-pyrrole nitrogens is 1. The third-order valence-corrected chi connectivity index (χ3v) is 1.44. The molecule has 0 saturated heterocycles. The monoisotopic (exact) mass is 239 g/mol. The summed E-state index contributed by atoms with van der Waals surface area (Å²) in [5.41, 5.74) is -0.156. The molecule has 0 fully saturated rings. The van der Waals surface area contributed by atoms with Gasteiger partial charge in [0.2, 0.25) is 0 Å². The van der Waals surface area contributed by atoms with Gasteiger partial charge in [0.15, 0.2) is 0 Å². The normalized spacial score (nSPS) is 13.6. The average molecular weight is 239 g/mol. The molecule has 0 bridgehead atoms. The van der Waals surface area contributed by atoms with Crippen LogP contribution in [0.3, 0.4) is 0 Å². The molecule has 1 aromatic rings. The molecule has 0 aliphatic heterocycles. The third kappa shape index (κ3) is 1.32. The smallest absolute Gasteiger partial charge is 0.295 e. The molecule has 0 saturated carbocycles. The molecule has 0 aliphatic rings. The Morgan fingerprint density at radius 2 is 2.67 bits per heavy atom. The first-order valence-electron chi connectivity index (χ1n) is 2.48. The number of nitrogens with zero attached hydrogens (tertiary/aromatic N) is 2. The molecular weight excluding hydrogens is 233 g/mol. The summed E-state index contributed by atoms with van der Waals surface area (Å²) in [6, 6.07) is 0. The summed E-state index contributed by atoms with van der Waals surface area (Å²) in [7, 11) is 0. The van der Waals surface area contributed by atoms with E-state index in [1.807, 2.05) is 6.92 Å². The van der Waals surface area contributed by atoms with Gasteiger partial charge in [0.25, 0.3) is 0 Å². The van der Waals surface area contributed by atoms with E-state index in [0.29, 0.717) is 0 Å². The van der Waals surface area contributed by atoms with Crippen molar-refractivity contribution in [1.82, 2.24) is 14.8 Å². The van der Waals surface area contributed by atoms with Crippen LogP contribution in [-0.4, -0.2) is 14.8 Å². The zero-order chi connectivity index (χ0) is 6.85. The molecule has 50 valence electrons. The molecule has 0 aliphatic carbocycles. The van der Waals surface area contributed by atoms with E-state index >= 15 is 0 Å². The number of hydrogen-bond donors (Lipinski definition) is 1. The van der Waals surface area contributed by atoms with Crippen LogP contribution >= 0.6 is 22.6 Å². The van der Waals surface area contributed by atoms with Crippen molar-refractivity contribution in [2.45, 2.75) is 11.0 Å². The van der Waals surface area contributed by atoms with Gasteiger partial charge in [0, 0.05) is 0 Å². The molecule has 1 heterocycles. The highest BCUT2D eigenvalue weighted by Gasteiger charge is 2.01. The predicted octanol–water partition coefficient (Wildman–Crippen LogP) is 0.525. The summed E-state index contributed by atoms with van der Waals surface area (Å²) in [5.74, 6) is 0. The molecule has 9 heavy (non-hydrogen) atoms. The molecule has 0 radical (unpaired) electrons. The van der Waals surface area contributed by atoms with Gasteiger partial charge in [-0.1, -0.05) is 22.6 Å². The summed E-state index contributed by atoms with van der Waals surface area (Å²) in [5, 5.41) is 3.76. The van der Waals surface area contributed by atoms with Crippen LogP contribution in [0.1, 0.15) is 11.0 Å². The Balaban J connectivity index is 3.08. The van der Waals surface area contributed by atoms with Crippen LogP contribution in [0, 0.1) is 0 Å². The molecule has 1 aromatic heterocycles. The summed E-state index contributed by atoms with van der Waals surface area (Å²) in [6.45, 7) is 1.89. The molecule has 1 atom stereocenters. The van der Waals surface area contributed by atoms with E-state index in [1.165, 1.54) is 11.0 Å². The number of aromatic amines is 1. The minimum atomic E-state index is -0.156. The van der Waals surface area contributed by atoms with Gasteiger partial charge in [-0.2, -0.15) is 5.10 Å². The van der Waals surface area contributed by atoms with E-state index in [1.54, 1.807) is 0 Å². The Morgan fingerprint density at radius 1 is 2.00 bits per heavy atom. The van der Waals surface area contributed by atoms with E-state index in [0.717, 1.165) is 0 Å². The summed E-state index contributed by atoms with van der Waals surface area (Å²) >= 11 is 2.11. The Hall–Kier alpha value is -0.330. The lowest BCUT2D eigenvalue weighted by Crippen LogP contribution is -2.18. The van der Waals surface area contributed by atoms with E-state index < -0.39 is 0 Å².